The Morgan fingerprint density at radius 3 is 1.34 bits per heavy atom. The highest BCUT2D eigenvalue weighted by atomic mass is 14.1. The summed E-state index contributed by atoms with van der Waals surface area (Å²) in [7, 11) is 2.89. The predicted molar refractivity (Wildman–Crippen MR) is 135 cm³/mol. The zero-order chi connectivity index (χ0) is 20.8. The van der Waals surface area contributed by atoms with E-state index in [-0.39, 0.29) is 0 Å². The summed E-state index contributed by atoms with van der Waals surface area (Å²) in [6.07, 6.45) is 35.3. The monoisotopic (exact) mass is 403 g/mol. The molecule has 1 radical (unpaired) electrons. The van der Waals surface area contributed by atoms with Crippen LogP contribution >= 0.6 is 0 Å². The molecule has 0 N–H and O–H groups in total. The number of hydrogen-bond donors (Lipinski definition) is 0. The van der Waals surface area contributed by atoms with Crippen molar-refractivity contribution in [2.45, 2.75) is 180 Å². The highest BCUT2D eigenvalue weighted by molar-refractivity contribution is 6.39. The molecule has 1 atom stereocenters. The summed E-state index contributed by atoms with van der Waals surface area (Å²) in [4.78, 5) is 0. The van der Waals surface area contributed by atoms with Crippen molar-refractivity contribution in [2.75, 3.05) is 0 Å². The Morgan fingerprint density at radius 2 is 0.897 bits per heavy atom. The zero-order valence-electron chi connectivity index (χ0n) is 20.7. The molecule has 0 heterocycles. The lowest BCUT2D eigenvalue weighted by molar-refractivity contribution is 0.495. The van der Waals surface area contributed by atoms with Gasteiger partial charge in [-0.25, -0.2) is 0 Å². The van der Waals surface area contributed by atoms with E-state index in [1.807, 2.05) is 0 Å². The summed E-state index contributed by atoms with van der Waals surface area (Å²) in [5.41, 5.74) is 0. The van der Waals surface area contributed by atoms with Crippen LogP contribution in [-0.4, -0.2) is 7.28 Å². The minimum absolute atomic E-state index is 0.914. The third kappa shape index (κ3) is 17.4. The molecule has 1 rings (SSSR count). The van der Waals surface area contributed by atoms with E-state index in [0.717, 1.165) is 11.6 Å². The van der Waals surface area contributed by atoms with Gasteiger partial charge in [0.2, 0.25) is 0 Å². The molecule has 1 fully saturated rings. The standard InChI is InChI=1S/C28H56B/c1-3-5-7-16-20-24-27(23-19-8-6-4-2)29-28-25-21-17-14-12-10-9-11-13-15-18-22-26-28/h27-28H,3-26H2,1-2H3. The zero-order valence-corrected chi connectivity index (χ0v) is 20.7. The first-order valence-electron chi connectivity index (χ1n) is 14.2. The minimum Gasteiger partial charge on any atom is -0.0686 e. The van der Waals surface area contributed by atoms with E-state index >= 15 is 0 Å². The van der Waals surface area contributed by atoms with Gasteiger partial charge in [0.1, 0.15) is 7.28 Å². The molecule has 0 nitrogen and oxygen atoms in total. The Kier molecular flexibility index (Phi) is 19.9. The quantitative estimate of drug-likeness (QED) is 0.212. The third-order valence-electron chi connectivity index (χ3n) is 7.30. The van der Waals surface area contributed by atoms with Gasteiger partial charge >= 0.3 is 0 Å². The summed E-state index contributed by atoms with van der Waals surface area (Å²) >= 11 is 0. The molecule has 0 aromatic carbocycles. The van der Waals surface area contributed by atoms with Crippen molar-refractivity contribution in [3.8, 4) is 0 Å². The molecule has 0 bridgehead atoms. The number of rotatable bonds is 13. The second kappa shape index (κ2) is 21.3. The summed E-state index contributed by atoms with van der Waals surface area (Å²) < 4.78 is 0. The van der Waals surface area contributed by atoms with E-state index in [0.29, 0.717) is 0 Å². The van der Waals surface area contributed by atoms with Gasteiger partial charge < -0.3 is 0 Å². The van der Waals surface area contributed by atoms with Crippen LogP contribution in [0, 0.1) is 0 Å². The first-order valence-corrected chi connectivity index (χ1v) is 14.2. The number of unbranched alkanes of at least 4 members (excludes halogenated alkanes) is 7. The lowest BCUT2D eigenvalue weighted by Crippen LogP contribution is -2.13. The van der Waals surface area contributed by atoms with Crippen LogP contribution in [0.4, 0.5) is 0 Å². The highest BCUT2D eigenvalue weighted by Gasteiger charge is 2.18. The largest absolute Gasteiger partial charge is 0.117 e. The molecule has 1 saturated carbocycles. The fraction of sp³-hybridized carbons (Fsp3) is 1.00. The first kappa shape index (κ1) is 27.1. The fourth-order valence-electron chi connectivity index (χ4n) is 5.31. The average Bonchev–Trinajstić information content (AvgIpc) is 2.73. The molecule has 0 aliphatic heterocycles. The molecule has 1 unspecified atom stereocenters. The normalized spacial score (nSPS) is 19.5. The van der Waals surface area contributed by atoms with Crippen LogP contribution in [0.3, 0.4) is 0 Å². The van der Waals surface area contributed by atoms with Gasteiger partial charge in [-0.2, -0.15) is 0 Å². The van der Waals surface area contributed by atoms with Crippen LogP contribution in [0.25, 0.3) is 0 Å². The van der Waals surface area contributed by atoms with Crippen molar-refractivity contribution in [3.05, 3.63) is 0 Å². The van der Waals surface area contributed by atoms with Crippen molar-refractivity contribution < 1.29 is 0 Å². The topological polar surface area (TPSA) is 0 Å². The van der Waals surface area contributed by atoms with Crippen molar-refractivity contribution in [2.24, 2.45) is 0 Å². The molecular formula is C28H56B. The SMILES string of the molecule is CCCCCCCC([B]C1CCCCCCCCCCCCC1)CCCCCC. The van der Waals surface area contributed by atoms with Gasteiger partial charge in [-0.1, -0.05) is 180 Å². The fourth-order valence-corrected chi connectivity index (χ4v) is 5.31. The van der Waals surface area contributed by atoms with Gasteiger partial charge in [0.05, 0.1) is 0 Å². The Bertz CT molecular complexity index is 297. The van der Waals surface area contributed by atoms with E-state index in [9.17, 15) is 0 Å². The molecule has 0 amide bonds. The van der Waals surface area contributed by atoms with Crippen molar-refractivity contribution in [1.29, 1.82) is 0 Å². The molecular weight excluding hydrogens is 347 g/mol. The molecule has 0 spiro atoms. The van der Waals surface area contributed by atoms with Crippen LogP contribution < -0.4 is 0 Å². The Labute approximate surface area is 187 Å². The van der Waals surface area contributed by atoms with E-state index in [4.69, 9.17) is 0 Å². The van der Waals surface area contributed by atoms with Crippen LogP contribution in [0.2, 0.25) is 11.6 Å². The second-order valence-corrected chi connectivity index (χ2v) is 10.2. The summed E-state index contributed by atoms with van der Waals surface area (Å²) in [6, 6.07) is 0. The number of hydrogen-bond acceptors (Lipinski definition) is 0. The summed E-state index contributed by atoms with van der Waals surface area (Å²) in [5, 5.41) is 0. The Morgan fingerprint density at radius 1 is 0.517 bits per heavy atom. The van der Waals surface area contributed by atoms with Gasteiger partial charge in [-0.05, 0) is 0 Å². The van der Waals surface area contributed by atoms with Crippen LogP contribution in [0.5, 0.6) is 0 Å². The maximum Gasteiger partial charge on any atom is 0.117 e. The van der Waals surface area contributed by atoms with Gasteiger partial charge in [0.15, 0.2) is 0 Å². The summed E-state index contributed by atoms with van der Waals surface area (Å²) in [6.45, 7) is 4.67. The van der Waals surface area contributed by atoms with E-state index < -0.39 is 0 Å². The first-order chi connectivity index (χ1) is 14.4. The smallest absolute Gasteiger partial charge is 0.0686 e. The third-order valence-corrected chi connectivity index (χ3v) is 7.30. The lowest BCUT2D eigenvalue weighted by Gasteiger charge is -2.23. The molecule has 171 valence electrons. The lowest BCUT2D eigenvalue weighted by atomic mass is 9.50. The van der Waals surface area contributed by atoms with E-state index in [1.165, 1.54) is 154 Å². The van der Waals surface area contributed by atoms with Crippen molar-refractivity contribution >= 4 is 7.28 Å². The second-order valence-electron chi connectivity index (χ2n) is 10.2. The van der Waals surface area contributed by atoms with Crippen LogP contribution in [0.1, 0.15) is 168 Å². The maximum atomic E-state index is 2.89. The Hall–Kier alpha value is 0.0649. The van der Waals surface area contributed by atoms with Crippen molar-refractivity contribution in [3.63, 3.8) is 0 Å². The van der Waals surface area contributed by atoms with E-state index in [2.05, 4.69) is 21.1 Å². The van der Waals surface area contributed by atoms with Crippen molar-refractivity contribution in [1.82, 2.24) is 0 Å². The maximum absolute atomic E-state index is 2.89. The average molecular weight is 404 g/mol. The van der Waals surface area contributed by atoms with Crippen LogP contribution in [-0.2, 0) is 0 Å². The summed E-state index contributed by atoms with van der Waals surface area (Å²) in [5.74, 6) is 1.84. The van der Waals surface area contributed by atoms with Crippen LogP contribution in [0.15, 0.2) is 0 Å². The molecule has 29 heavy (non-hydrogen) atoms. The molecule has 1 aliphatic carbocycles. The van der Waals surface area contributed by atoms with E-state index in [1.54, 1.807) is 0 Å². The Balaban J connectivity index is 2.43. The molecule has 0 aromatic heterocycles. The molecule has 1 heteroatoms. The van der Waals surface area contributed by atoms with Gasteiger partial charge in [0.25, 0.3) is 0 Å². The van der Waals surface area contributed by atoms with Gasteiger partial charge in [-0.15, -0.1) is 0 Å². The molecule has 1 aliphatic rings. The minimum atomic E-state index is 0.914. The molecule has 0 aromatic rings. The predicted octanol–water partition coefficient (Wildman–Crippen LogP) is 10.7. The molecule has 0 saturated heterocycles. The van der Waals surface area contributed by atoms with Gasteiger partial charge in [0, 0.05) is 0 Å². The highest BCUT2D eigenvalue weighted by Crippen LogP contribution is 2.32. The van der Waals surface area contributed by atoms with Gasteiger partial charge in [-0.3, -0.25) is 0 Å².